The Kier molecular flexibility index (Phi) is 5.62. The molecule has 1 unspecified atom stereocenters. The highest BCUT2D eigenvalue weighted by Crippen LogP contribution is 2.29. The van der Waals surface area contributed by atoms with Gasteiger partial charge in [0.15, 0.2) is 0 Å². The fourth-order valence-electron chi connectivity index (χ4n) is 3.25. The molecule has 0 saturated carbocycles. The van der Waals surface area contributed by atoms with Crippen molar-refractivity contribution in [2.24, 2.45) is 0 Å². The largest absolute Gasteiger partial charge is 0.416 e. The van der Waals surface area contributed by atoms with Crippen molar-refractivity contribution in [2.45, 2.75) is 32.0 Å². The van der Waals surface area contributed by atoms with Gasteiger partial charge in [-0.3, -0.25) is 0 Å². The molecule has 3 aromatic rings. The van der Waals surface area contributed by atoms with Crippen LogP contribution in [0.2, 0.25) is 0 Å². The third-order valence-corrected chi connectivity index (χ3v) is 4.64. The smallest absolute Gasteiger partial charge is 0.310 e. The van der Waals surface area contributed by atoms with Crippen molar-refractivity contribution in [3.63, 3.8) is 0 Å². The van der Waals surface area contributed by atoms with Crippen LogP contribution in [0.15, 0.2) is 66.7 Å². The van der Waals surface area contributed by atoms with Crippen molar-refractivity contribution in [1.29, 1.82) is 0 Å². The summed E-state index contributed by atoms with van der Waals surface area (Å²) in [6, 6.07) is 20.3. The minimum atomic E-state index is -4.28. The number of aryl methyl sites for hydroxylation is 1. The summed E-state index contributed by atoms with van der Waals surface area (Å²) < 4.78 is 38.3. The minimum absolute atomic E-state index is 0.183. The van der Waals surface area contributed by atoms with Gasteiger partial charge >= 0.3 is 6.18 Å². The monoisotopic (exact) mass is 357 g/mol. The number of alkyl halides is 3. The zero-order chi connectivity index (χ0) is 18.6. The number of hydrogen-bond acceptors (Lipinski definition) is 1. The average Bonchev–Trinajstić information content (AvgIpc) is 2.64. The van der Waals surface area contributed by atoms with Crippen LogP contribution in [0.4, 0.5) is 13.2 Å². The molecule has 1 atom stereocenters. The van der Waals surface area contributed by atoms with E-state index in [9.17, 15) is 13.2 Å². The van der Waals surface area contributed by atoms with Crippen molar-refractivity contribution >= 4 is 10.8 Å². The van der Waals surface area contributed by atoms with Gasteiger partial charge in [-0.2, -0.15) is 13.2 Å². The Morgan fingerprint density at radius 3 is 2.46 bits per heavy atom. The second-order valence-corrected chi connectivity index (χ2v) is 6.55. The van der Waals surface area contributed by atoms with Crippen LogP contribution < -0.4 is 5.32 Å². The molecule has 0 spiro atoms. The highest BCUT2D eigenvalue weighted by atomic mass is 19.4. The summed E-state index contributed by atoms with van der Waals surface area (Å²) in [6.45, 7) is 2.87. The maximum atomic E-state index is 12.8. The zero-order valence-corrected chi connectivity index (χ0v) is 14.7. The molecule has 0 fully saturated rings. The molecule has 0 radical (unpaired) electrons. The molecule has 0 heterocycles. The molecule has 3 aromatic carbocycles. The number of hydrogen-bond donors (Lipinski definition) is 1. The number of rotatable bonds is 6. The first-order valence-electron chi connectivity index (χ1n) is 8.82. The predicted molar refractivity (Wildman–Crippen MR) is 100 cm³/mol. The molecule has 0 saturated heterocycles. The van der Waals surface area contributed by atoms with Gasteiger partial charge in [0.25, 0.3) is 0 Å². The summed E-state index contributed by atoms with van der Waals surface area (Å²) in [7, 11) is 0. The van der Waals surface area contributed by atoms with E-state index in [1.807, 2.05) is 12.1 Å². The lowest BCUT2D eigenvalue weighted by Gasteiger charge is -2.17. The van der Waals surface area contributed by atoms with Crippen LogP contribution in [-0.2, 0) is 12.6 Å². The first-order chi connectivity index (χ1) is 12.4. The Bertz CT molecular complexity index is 865. The van der Waals surface area contributed by atoms with Crippen LogP contribution in [0.3, 0.4) is 0 Å². The maximum Gasteiger partial charge on any atom is 0.416 e. The topological polar surface area (TPSA) is 12.0 Å². The molecule has 136 valence electrons. The molecular formula is C22H22F3N. The number of benzene rings is 3. The Morgan fingerprint density at radius 1 is 0.923 bits per heavy atom. The van der Waals surface area contributed by atoms with Crippen LogP contribution >= 0.6 is 0 Å². The predicted octanol–water partition coefficient (Wildman–Crippen LogP) is 6.14. The van der Waals surface area contributed by atoms with Gasteiger partial charge in [-0.15, -0.1) is 0 Å². The van der Waals surface area contributed by atoms with Gasteiger partial charge in [-0.05, 0) is 54.3 Å². The second-order valence-electron chi connectivity index (χ2n) is 6.55. The van der Waals surface area contributed by atoms with Crippen molar-refractivity contribution in [2.75, 3.05) is 6.54 Å². The van der Waals surface area contributed by atoms with E-state index in [1.165, 1.54) is 28.5 Å². The van der Waals surface area contributed by atoms with Gasteiger partial charge < -0.3 is 5.32 Å². The average molecular weight is 357 g/mol. The lowest BCUT2D eigenvalue weighted by Crippen LogP contribution is -2.20. The molecule has 0 aliphatic rings. The Balaban J connectivity index is 1.57. The van der Waals surface area contributed by atoms with Gasteiger partial charge in [0.05, 0.1) is 5.56 Å². The van der Waals surface area contributed by atoms with E-state index in [4.69, 9.17) is 0 Å². The molecule has 26 heavy (non-hydrogen) atoms. The summed E-state index contributed by atoms with van der Waals surface area (Å²) in [5.74, 6) is 0. The lowest BCUT2D eigenvalue weighted by molar-refractivity contribution is -0.137. The van der Waals surface area contributed by atoms with Gasteiger partial charge in [-0.25, -0.2) is 0 Å². The van der Waals surface area contributed by atoms with E-state index in [2.05, 4.69) is 42.6 Å². The molecule has 0 aliphatic carbocycles. The summed E-state index contributed by atoms with van der Waals surface area (Å²) in [5.41, 5.74) is 1.38. The molecule has 4 heteroatoms. The number of fused-ring (bicyclic) bond motifs is 1. The summed E-state index contributed by atoms with van der Waals surface area (Å²) >= 11 is 0. The van der Waals surface area contributed by atoms with Crippen LogP contribution in [0, 0.1) is 0 Å². The van der Waals surface area contributed by atoms with Crippen molar-refractivity contribution in [3.05, 3.63) is 83.4 Å². The van der Waals surface area contributed by atoms with Gasteiger partial charge in [-0.1, -0.05) is 60.7 Å². The van der Waals surface area contributed by atoms with E-state index in [0.29, 0.717) is 6.42 Å². The van der Waals surface area contributed by atoms with Crippen molar-refractivity contribution < 1.29 is 13.2 Å². The molecule has 0 bridgehead atoms. The van der Waals surface area contributed by atoms with Crippen molar-refractivity contribution in [1.82, 2.24) is 5.32 Å². The van der Waals surface area contributed by atoms with Crippen molar-refractivity contribution in [3.8, 4) is 0 Å². The van der Waals surface area contributed by atoms with Crippen LogP contribution in [0.5, 0.6) is 0 Å². The Hall–Kier alpha value is -2.33. The molecular weight excluding hydrogens is 335 g/mol. The molecule has 3 rings (SSSR count). The van der Waals surface area contributed by atoms with E-state index in [0.717, 1.165) is 24.6 Å². The Morgan fingerprint density at radius 2 is 1.65 bits per heavy atom. The van der Waals surface area contributed by atoms with E-state index < -0.39 is 11.7 Å². The normalized spacial score (nSPS) is 13.1. The van der Waals surface area contributed by atoms with E-state index >= 15 is 0 Å². The quantitative estimate of drug-likeness (QED) is 0.522. The maximum absolute atomic E-state index is 12.8. The first-order valence-corrected chi connectivity index (χ1v) is 8.82. The highest BCUT2D eigenvalue weighted by molar-refractivity contribution is 5.86. The van der Waals surface area contributed by atoms with Gasteiger partial charge in [0.2, 0.25) is 0 Å². The SMILES string of the molecule is CC(NCCCc1cccc(C(F)(F)F)c1)c1cccc2ccccc12. The summed E-state index contributed by atoms with van der Waals surface area (Å²) in [5, 5.41) is 5.92. The fraction of sp³-hybridized carbons (Fsp3) is 0.273. The molecule has 0 amide bonds. The molecule has 1 N–H and O–H groups in total. The summed E-state index contributed by atoms with van der Waals surface area (Å²) in [6.07, 6.45) is -2.87. The lowest BCUT2D eigenvalue weighted by atomic mass is 9.99. The van der Waals surface area contributed by atoms with E-state index in [-0.39, 0.29) is 6.04 Å². The zero-order valence-electron chi connectivity index (χ0n) is 14.7. The number of nitrogens with one attached hydrogen (secondary N) is 1. The highest BCUT2D eigenvalue weighted by Gasteiger charge is 2.30. The molecule has 0 aromatic heterocycles. The standard InChI is InChI=1S/C22H22F3N/c1-16(20-13-5-10-18-9-2-3-12-21(18)20)26-14-6-8-17-7-4-11-19(15-17)22(23,24)25/h2-5,7,9-13,15-16,26H,6,8,14H2,1H3. The number of halogens is 3. The third kappa shape index (κ3) is 4.44. The van der Waals surface area contributed by atoms with Gasteiger partial charge in [0.1, 0.15) is 0 Å². The van der Waals surface area contributed by atoms with Crippen LogP contribution in [-0.4, -0.2) is 6.54 Å². The van der Waals surface area contributed by atoms with Gasteiger partial charge in [0, 0.05) is 6.04 Å². The molecule has 0 aliphatic heterocycles. The van der Waals surface area contributed by atoms with Crippen LogP contribution in [0.1, 0.15) is 36.1 Å². The second kappa shape index (κ2) is 7.92. The fourth-order valence-corrected chi connectivity index (χ4v) is 3.25. The minimum Gasteiger partial charge on any atom is -0.310 e. The van der Waals surface area contributed by atoms with E-state index in [1.54, 1.807) is 6.07 Å². The molecule has 1 nitrogen and oxygen atoms in total. The third-order valence-electron chi connectivity index (χ3n) is 4.64. The summed E-state index contributed by atoms with van der Waals surface area (Å²) in [4.78, 5) is 0. The van der Waals surface area contributed by atoms with Crippen LogP contribution in [0.25, 0.3) is 10.8 Å². The Labute approximate surface area is 151 Å². The first kappa shape index (κ1) is 18.5.